The number of carbonyl (C=O) groups is 1. The maximum Gasteiger partial charge on any atom is 0.315 e. The monoisotopic (exact) mass is 342 g/mol. The van der Waals surface area contributed by atoms with Crippen molar-refractivity contribution in [3.05, 3.63) is 46.8 Å². The van der Waals surface area contributed by atoms with Gasteiger partial charge in [0, 0.05) is 25.2 Å². The zero-order chi connectivity index (χ0) is 18.0. The molecule has 1 aromatic carbocycles. The van der Waals surface area contributed by atoms with Crippen LogP contribution in [0.1, 0.15) is 29.4 Å². The predicted molar refractivity (Wildman–Crippen MR) is 96.9 cm³/mol. The van der Waals surface area contributed by atoms with E-state index in [1.807, 2.05) is 43.8 Å². The standard InChI is InChI=1S/C19H26N4O2/c1-12(9-17-13(2)22-23(4)14(17)3)21-19(24)20-11-16-10-15-7-5-6-8-18(15)25-16/h5-8,12,16H,9-11H2,1-4H3,(H2,20,21,24)/t12-,16+/m0/s1. The van der Waals surface area contributed by atoms with Crippen molar-refractivity contribution in [3.8, 4) is 5.75 Å². The van der Waals surface area contributed by atoms with Crippen LogP contribution in [0, 0.1) is 13.8 Å². The van der Waals surface area contributed by atoms with E-state index in [4.69, 9.17) is 4.74 Å². The number of para-hydroxylation sites is 1. The van der Waals surface area contributed by atoms with Crippen molar-refractivity contribution >= 4 is 6.03 Å². The SMILES string of the molecule is Cc1nn(C)c(C)c1C[C@H](C)NC(=O)NC[C@H]1Cc2ccccc2O1. The van der Waals surface area contributed by atoms with Crippen LogP contribution in [0.25, 0.3) is 0 Å². The first kappa shape index (κ1) is 17.3. The average molecular weight is 342 g/mol. The van der Waals surface area contributed by atoms with Gasteiger partial charge in [-0.1, -0.05) is 18.2 Å². The lowest BCUT2D eigenvalue weighted by Crippen LogP contribution is -2.45. The van der Waals surface area contributed by atoms with Crippen LogP contribution in [0.2, 0.25) is 0 Å². The van der Waals surface area contributed by atoms with Crippen molar-refractivity contribution in [3.63, 3.8) is 0 Å². The van der Waals surface area contributed by atoms with Gasteiger partial charge < -0.3 is 15.4 Å². The van der Waals surface area contributed by atoms with Crippen molar-refractivity contribution in [2.24, 2.45) is 7.05 Å². The highest BCUT2D eigenvalue weighted by Gasteiger charge is 2.23. The molecule has 2 N–H and O–H groups in total. The lowest BCUT2D eigenvalue weighted by Gasteiger charge is -2.17. The highest BCUT2D eigenvalue weighted by atomic mass is 16.5. The summed E-state index contributed by atoms with van der Waals surface area (Å²) in [4.78, 5) is 12.1. The number of rotatable bonds is 5. The molecule has 2 heterocycles. The number of carbonyl (C=O) groups excluding carboxylic acids is 1. The molecule has 0 bridgehead atoms. The molecule has 0 radical (unpaired) electrons. The number of ether oxygens (including phenoxy) is 1. The lowest BCUT2D eigenvalue weighted by molar-refractivity contribution is 0.212. The Morgan fingerprint density at radius 3 is 2.84 bits per heavy atom. The largest absolute Gasteiger partial charge is 0.488 e. The molecule has 25 heavy (non-hydrogen) atoms. The number of amides is 2. The van der Waals surface area contributed by atoms with Crippen LogP contribution in [0.5, 0.6) is 5.75 Å². The van der Waals surface area contributed by atoms with Gasteiger partial charge in [-0.05, 0) is 44.4 Å². The predicted octanol–water partition coefficient (Wildman–Crippen LogP) is 2.27. The Morgan fingerprint density at radius 1 is 1.40 bits per heavy atom. The van der Waals surface area contributed by atoms with Crippen LogP contribution in [-0.4, -0.2) is 34.5 Å². The van der Waals surface area contributed by atoms with Crippen LogP contribution in [0.15, 0.2) is 24.3 Å². The van der Waals surface area contributed by atoms with Crippen molar-refractivity contribution in [2.45, 2.75) is 45.8 Å². The number of hydrogen-bond acceptors (Lipinski definition) is 3. The molecule has 2 amide bonds. The molecule has 1 aliphatic rings. The lowest BCUT2D eigenvalue weighted by atomic mass is 10.1. The first-order chi connectivity index (χ1) is 11.9. The number of aromatic nitrogens is 2. The van der Waals surface area contributed by atoms with Crippen molar-refractivity contribution in [1.29, 1.82) is 0 Å². The minimum Gasteiger partial charge on any atom is -0.488 e. The molecular formula is C19H26N4O2. The molecule has 0 fully saturated rings. The summed E-state index contributed by atoms with van der Waals surface area (Å²) in [6.45, 7) is 6.56. The van der Waals surface area contributed by atoms with Gasteiger partial charge in [0.1, 0.15) is 11.9 Å². The van der Waals surface area contributed by atoms with Gasteiger partial charge in [0.25, 0.3) is 0 Å². The van der Waals surface area contributed by atoms with E-state index in [1.165, 1.54) is 11.1 Å². The Balaban J connectivity index is 1.45. The van der Waals surface area contributed by atoms with Gasteiger partial charge in [-0.2, -0.15) is 5.10 Å². The highest BCUT2D eigenvalue weighted by molar-refractivity contribution is 5.74. The maximum absolute atomic E-state index is 12.1. The van der Waals surface area contributed by atoms with E-state index < -0.39 is 0 Å². The van der Waals surface area contributed by atoms with Crippen molar-refractivity contribution < 1.29 is 9.53 Å². The summed E-state index contributed by atoms with van der Waals surface area (Å²) in [6.07, 6.45) is 1.60. The zero-order valence-corrected chi connectivity index (χ0v) is 15.3. The topological polar surface area (TPSA) is 68.2 Å². The average Bonchev–Trinajstić information content (AvgIpc) is 3.09. The van der Waals surface area contributed by atoms with Gasteiger partial charge in [-0.3, -0.25) is 4.68 Å². The van der Waals surface area contributed by atoms with Gasteiger partial charge in [-0.25, -0.2) is 4.79 Å². The summed E-state index contributed by atoms with van der Waals surface area (Å²) in [5.41, 5.74) is 4.56. The summed E-state index contributed by atoms with van der Waals surface area (Å²) >= 11 is 0. The fourth-order valence-electron chi connectivity index (χ4n) is 3.32. The van der Waals surface area contributed by atoms with Crippen LogP contribution in [0.3, 0.4) is 0 Å². The quantitative estimate of drug-likeness (QED) is 0.876. The number of fused-ring (bicyclic) bond motifs is 1. The molecular weight excluding hydrogens is 316 g/mol. The fraction of sp³-hybridized carbons (Fsp3) is 0.474. The molecule has 2 aromatic rings. The number of benzene rings is 1. The number of urea groups is 1. The van der Waals surface area contributed by atoms with E-state index in [0.29, 0.717) is 6.54 Å². The van der Waals surface area contributed by atoms with Crippen LogP contribution >= 0.6 is 0 Å². The van der Waals surface area contributed by atoms with Crippen LogP contribution < -0.4 is 15.4 Å². The van der Waals surface area contributed by atoms with E-state index in [-0.39, 0.29) is 18.2 Å². The molecule has 134 valence electrons. The van der Waals surface area contributed by atoms with Gasteiger partial charge in [0.05, 0.1) is 12.2 Å². The number of hydrogen-bond donors (Lipinski definition) is 2. The summed E-state index contributed by atoms with van der Waals surface area (Å²) in [5, 5.41) is 10.3. The summed E-state index contributed by atoms with van der Waals surface area (Å²) in [7, 11) is 1.94. The van der Waals surface area contributed by atoms with E-state index in [1.54, 1.807) is 0 Å². The van der Waals surface area contributed by atoms with E-state index >= 15 is 0 Å². The summed E-state index contributed by atoms with van der Waals surface area (Å²) < 4.78 is 7.72. The van der Waals surface area contributed by atoms with Gasteiger partial charge in [-0.15, -0.1) is 0 Å². The van der Waals surface area contributed by atoms with Gasteiger partial charge in [0.2, 0.25) is 0 Å². The van der Waals surface area contributed by atoms with Crippen LogP contribution in [-0.2, 0) is 19.9 Å². The molecule has 2 atom stereocenters. The number of nitrogens with one attached hydrogen (secondary N) is 2. The van der Waals surface area contributed by atoms with Crippen LogP contribution in [0.4, 0.5) is 4.79 Å². The molecule has 6 heteroatoms. The molecule has 0 spiro atoms. The van der Waals surface area contributed by atoms with Crippen molar-refractivity contribution in [1.82, 2.24) is 20.4 Å². The Kier molecular flexibility index (Phi) is 4.97. The summed E-state index contributed by atoms with van der Waals surface area (Å²) in [6, 6.07) is 7.88. The van der Waals surface area contributed by atoms with Crippen molar-refractivity contribution in [2.75, 3.05) is 6.54 Å². The minimum atomic E-state index is -0.161. The van der Waals surface area contributed by atoms with E-state index in [2.05, 4.69) is 28.7 Å². The molecule has 1 aliphatic heterocycles. The molecule has 6 nitrogen and oxygen atoms in total. The minimum absolute atomic E-state index is 0.00117. The number of nitrogens with zero attached hydrogens (tertiary/aromatic N) is 2. The first-order valence-corrected chi connectivity index (χ1v) is 8.72. The molecule has 0 aliphatic carbocycles. The normalized spacial score (nSPS) is 16.9. The second-order valence-corrected chi connectivity index (χ2v) is 6.78. The third-order valence-electron chi connectivity index (χ3n) is 4.75. The van der Waals surface area contributed by atoms with Gasteiger partial charge in [0.15, 0.2) is 0 Å². The molecule has 0 saturated carbocycles. The smallest absolute Gasteiger partial charge is 0.315 e. The first-order valence-electron chi connectivity index (χ1n) is 8.72. The highest BCUT2D eigenvalue weighted by Crippen LogP contribution is 2.27. The molecule has 0 unspecified atom stereocenters. The third-order valence-corrected chi connectivity index (χ3v) is 4.75. The van der Waals surface area contributed by atoms with Gasteiger partial charge >= 0.3 is 6.03 Å². The second kappa shape index (κ2) is 7.17. The Hall–Kier alpha value is -2.50. The van der Waals surface area contributed by atoms with E-state index in [9.17, 15) is 4.79 Å². The Labute approximate surface area is 148 Å². The zero-order valence-electron chi connectivity index (χ0n) is 15.3. The van der Waals surface area contributed by atoms with E-state index in [0.717, 1.165) is 30.0 Å². The molecule has 0 saturated heterocycles. The maximum atomic E-state index is 12.1. The molecule has 1 aromatic heterocycles. The fourth-order valence-corrected chi connectivity index (χ4v) is 3.32. The Morgan fingerprint density at radius 2 is 2.16 bits per heavy atom. The summed E-state index contributed by atoms with van der Waals surface area (Å²) in [5.74, 6) is 0.922. The number of aryl methyl sites for hydroxylation is 2. The molecule has 3 rings (SSSR count). The Bertz CT molecular complexity index is 744. The second-order valence-electron chi connectivity index (χ2n) is 6.78. The third kappa shape index (κ3) is 3.95.